The minimum atomic E-state index is -0.558. The van der Waals surface area contributed by atoms with Crippen LogP contribution in [0.4, 0.5) is 0 Å². The maximum Gasteiger partial charge on any atom is 0.237 e. The van der Waals surface area contributed by atoms with Gasteiger partial charge in [-0.3, -0.25) is 4.79 Å². The number of nitriles is 1. The smallest absolute Gasteiger partial charge is 0.237 e. The van der Waals surface area contributed by atoms with Crippen LogP contribution in [-0.4, -0.2) is 5.91 Å². The molecular formula is C12H15ClN2OS. The number of nitrogens with one attached hydrogen (secondary N) is 1. The molecule has 0 aromatic carbocycles. The molecule has 92 valence electrons. The number of carbonyl (C=O) groups is 1. The summed E-state index contributed by atoms with van der Waals surface area (Å²) < 4.78 is 0.700. The molecule has 0 saturated heterocycles. The van der Waals surface area contributed by atoms with Crippen LogP contribution in [-0.2, 0) is 4.79 Å². The van der Waals surface area contributed by atoms with Crippen LogP contribution >= 0.6 is 22.9 Å². The Labute approximate surface area is 110 Å². The van der Waals surface area contributed by atoms with E-state index in [9.17, 15) is 4.79 Å². The van der Waals surface area contributed by atoms with E-state index >= 15 is 0 Å². The van der Waals surface area contributed by atoms with Crippen LogP contribution in [0.5, 0.6) is 0 Å². The van der Waals surface area contributed by atoms with E-state index in [1.807, 2.05) is 26.0 Å². The SMILES string of the molecule is CCCC(C#N)C(=O)NC(C)c1ccc(Cl)s1. The Kier molecular flexibility index (Phi) is 5.46. The van der Waals surface area contributed by atoms with Gasteiger partial charge in [-0.25, -0.2) is 0 Å². The Bertz CT molecular complexity index is 424. The molecule has 0 saturated carbocycles. The molecule has 2 atom stereocenters. The molecule has 17 heavy (non-hydrogen) atoms. The van der Waals surface area contributed by atoms with Crippen LogP contribution in [0.25, 0.3) is 0 Å². The van der Waals surface area contributed by atoms with Crippen molar-refractivity contribution >= 4 is 28.8 Å². The molecule has 1 N–H and O–H groups in total. The minimum absolute atomic E-state index is 0.104. The van der Waals surface area contributed by atoms with E-state index in [2.05, 4.69) is 5.32 Å². The molecule has 3 nitrogen and oxygen atoms in total. The Morgan fingerprint density at radius 2 is 2.35 bits per heavy atom. The highest BCUT2D eigenvalue weighted by molar-refractivity contribution is 7.16. The van der Waals surface area contributed by atoms with Crippen molar-refractivity contribution in [3.05, 3.63) is 21.3 Å². The van der Waals surface area contributed by atoms with E-state index in [4.69, 9.17) is 16.9 Å². The Balaban J connectivity index is 2.59. The second-order valence-electron chi connectivity index (χ2n) is 3.84. The summed E-state index contributed by atoms with van der Waals surface area (Å²) in [6.07, 6.45) is 1.42. The largest absolute Gasteiger partial charge is 0.348 e. The number of nitrogens with zero attached hydrogens (tertiary/aromatic N) is 1. The Morgan fingerprint density at radius 1 is 1.65 bits per heavy atom. The number of hydrogen-bond acceptors (Lipinski definition) is 3. The highest BCUT2D eigenvalue weighted by Crippen LogP contribution is 2.26. The lowest BCUT2D eigenvalue weighted by atomic mass is 10.0. The summed E-state index contributed by atoms with van der Waals surface area (Å²) in [7, 11) is 0. The first-order chi connectivity index (χ1) is 8.08. The van der Waals surface area contributed by atoms with Gasteiger partial charge in [0.15, 0.2) is 0 Å². The molecule has 0 aliphatic rings. The van der Waals surface area contributed by atoms with Gasteiger partial charge in [-0.1, -0.05) is 24.9 Å². The van der Waals surface area contributed by atoms with Crippen LogP contribution in [0.3, 0.4) is 0 Å². The zero-order valence-corrected chi connectivity index (χ0v) is 11.4. The molecule has 1 aromatic rings. The van der Waals surface area contributed by atoms with Crippen LogP contribution in [0.1, 0.15) is 37.6 Å². The van der Waals surface area contributed by atoms with Gasteiger partial charge in [-0.05, 0) is 25.5 Å². The van der Waals surface area contributed by atoms with Crippen LogP contribution < -0.4 is 5.32 Å². The number of carbonyl (C=O) groups excluding carboxylic acids is 1. The average Bonchev–Trinajstić information content (AvgIpc) is 2.72. The van der Waals surface area contributed by atoms with Gasteiger partial charge in [0.1, 0.15) is 5.92 Å². The molecule has 0 aliphatic carbocycles. The van der Waals surface area contributed by atoms with Crippen LogP contribution in [0.15, 0.2) is 12.1 Å². The Hall–Kier alpha value is -1.05. The monoisotopic (exact) mass is 270 g/mol. The van der Waals surface area contributed by atoms with E-state index in [1.165, 1.54) is 11.3 Å². The molecule has 0 spiro atoms. The average molecular weight is 271 g/mol. The van der Waals surface area contributed by atoms with Gasteiger partial charge in [0.05, 0.1) is 16.4 Å². The van der Waals surface area contributed by atoms with Crippen molar-refractivity contribution in [1.82, 2.24) is 5.32 Å². The predicted octanol–water partition coefficient (Wildman–Crippen LogP) is 3.52. The summed E-state index contributed by atoms with van der Waals surface area (Å²) in [5.41, 5.74) is 0. The topological polar surface area (TPSA) is 52.9 Å². The van der Waals surface area contributed by atoms with Gasteiger partial charge in [0, 0.05) is 4.88 Å². The van der Waals surface area contributed by atoms with Crippen molar-refractivity contribution in [1.29, 1.82) is 5.26 Å². The molecular weight excluding hydrogens is 256 g/mol. The fraction of sp³-hybridized carbons (Fsp3) is 0.500. The highest BCUT2D eigenvalue weighted by atomic mass is 35.5. The second kappa shape index (κ2) is 6.63. The van der Waals surface area contributed by atoms with Gasteiger partial charge in [-0.15, -0.1) is 11.3 Å². The van der Waals surface area contributed by atoms with Crippen molar-refractivity contribution < 1.29 is 4.79 Å². The summed E-state index contributed by atoms with van der Waals surface area (Å²) >= 11 is 7.27. The summed E-state index contributed by atoms with van der Waals surface area (Å²) in [4.78, 5) is 12.8. The van der Waals surface area contributed by atoms with E-state index in [1.54, 1.807) is 6.07 Å². The number of rotatable bonds is 5. The standard InChI is InChI=1S/C12H15ClN2OS/c1-3-4-9(7-14)12(16)15-8(2)10-5-6-11(13)17-10/h5-6,8-9H,3-4H2,1-2H3,(H,15,16). The third-order valence-electron chi connectivity index (χ3n) is 2.43. The molecule has 0 fully saturated rings. The van der Waals surface area contributed by atoms with E-state index < -0.39 is 5.92 Å². The number of halogens is 1. The third kappa shape index (κ3) is 4.03. The number of thiophene rings is 1. The van der Waals surface area contributed by atoms with Gasteiger partial charge in [0.2, 0.25) is 5.91 Å². The molecule has 0 radical (unpaired) electrons. The normalized spacial score (nSPS) is 13.8. The molecule has 0 bridgehead atoms. The summed E-state index contributed by atoms with van der Waals surface area (Å²) in [5, 5.41) is 11.7. The second-order valence-corrected chi connectivity index (χ2v) is 5.59. The zero-order chi connectivity index (χ0) is 12.8. The lowest BCUT2D eigenvalue weighted by molar-refractivity contribution is -0.124. The fourth-order valence-corrected chi connectivity index (χ4v) is 2.55. The lowest BCUT2D eigenvalue weighted by Gasteiger charge is -2.14. The van der Waals surface area contributed by atoms with E-state index in [-0.39, 0.29) is 11.9 Å². The first-order valence-corrected chi connectivity index (χ1v) is 6.73. The summed E-state index contributed by atoms with van der Waals surface area (Å²) in [6, 6.07) is 5.62. The fourth-order valence-electron chi connectivity index (χ4n) is 1.49. The van der Waals surface area contributed by atoms with E-state index in [0.717, 1.165) is 11.3 Å². The maximum absolute atomic E-state index is 11.8. The molecule has 2 unspecified atom stereocenters. The molecule has 0 aliphatic heterocycles. The first-order valence-electron chi connectivity index (χ1n) is 5.53. The minimum Gasteiger partial charge on any atom is -0.348 e. The van der Waals surface area contributed by atoms with Gasteiger partial charge < -0.3 is 5.32 Å². The highest BCUT2D eigenvalue weighted by Gasteiger charge is 2.19. The Morgan fingerprint density at radius 3 is 2.82 bits per heavy atom. The molecule has 1 aromatic heterocycles. The van der Waals surface area contributed by atoms with Crippen molar-refractivity contribution in [3.8, 4) is 6.07 Å². The van der Waals surface area contributed by atoms with Crippen molar-refractivity contribution in [2.24, 2.45) is 5.92 Å². The predicted molar refractivity (Wildman–Crippen MR) is 69.9 cm³/mol. The number of amides is 1. The zero-order valence-electron chi connectivity index (χ0n) is 9.87. The summed E-state index contributed by atoms with van der Waals surface area (Å²) in [5.74, 6) is -0.760. The van der Waals surface area contributed by atoms with Crippen LogP contribution in [0, 0.1) is 17.2 Å². The summed E-state index contributed by atoms with van der Waals surface area (Å²) in [6.45, 7) is 3.85. The van der Waals surface area contributed by atoms with E-state index in [0.29, 0.717) is 10.8 Å². The molecule has 5 heteroatoms. The molecule has 1 amide bonds. The van der Waals surface area contributed by atoms with Gasteiger partial charge in [0.25, 0.3) is 0 Å². The van der Waals surface area contributed by atoms with Crippen molar-refractivity contribution in [2.75, 3.05) is 0 Å². The van der Waals surface area contributed by atoms with Gasteiger partial charge >= 0.3 is 0 Å². The molecule has 1 rings (SSSR count). The van der Waals surface area contributed by atoms with Crippen molar-refractivity contribution in [2.45, 2.75) is 32.7 Å². The van der Waals surface area contributed by atoms with Crippen molar-refractivity contribution in [3.63, 3.8) is 0 Å². The maximum atomic E-state index is 11.8. The number of hydrogen-bond donors (Lipinski definition) is 1. The van der Waals surface area contributed by atoms with Crippen LogP contribution in [0.2, 0.25) is 4.34 Å². The first kappa shape index (κ1) is 14.0. The van der Waals surface area contributed by atoms with Gasteiger partial charge in [-0.2, -0.15) is 5.26 Å². The molecule has 1 heterocycles. The quantitative estimate of drug-likeness (QED) is 0.890. The lowest BCUT2D eigenvalue weighted by Crippen LogP contribution is -2.31. The third-order valence-corrected chi connectivity index (χ3v) is 3.84.